The van der Waals surface area contributed by atoms with Crippen LogP contribution in [0.1, 0.15) is 25.3 Å². The van der Waals surface area contributed by atoms with Crippen molar-refractivity contribution < 1.29 is 9.84 Å². The number of ether oxygens (including phenoxy) is 1. The summed E-state index contributed by atoms with van der Waals surface area (Å²) in [6, 6.07) is 17.8. The van der Waals surface area contributed by atoms with Gasteiger partial charge in [-0.2, -0.15) is 0 Å². The van der Waals surface area contributed by atoms with Gasteiger partial charge in [-0.1, -0.05) is 44.2 Å². The first-order valence-electron chi connectivity index (χ1n) is 7.35. The van der Waals surface area contributed by atoms with Gasteiger partial charge in [-0.3, -0.25) is 0 Å². The molecule has 0 bridgehead atoms. The van der Waals surface area contributed by atoms with Crippen LogP contribution in [-0.2, 0) is 0 Å². The van der Waals surface area contributed by atoms with Crippen LogP contribution in [0.25, 0.3) is 0 Å². The van der Waals surface area contributed by atoms with Crippen molar-refractivity contribution in [2.24, 2.45) is 0 Å². The Morgan fingerprint density at radius 1 is 1.00 bits per heavy atom. The predicted octanol–water partition coefficient (Wildman–Crippen LogP) is 3.66. The predicted molar refractivity (Wildman–Crippen MR) is 87.0 cm³/mol. The van der Waals surface area contributed by atoms with Crippen LogP contribution in [-0.4, -0.2) is 24.4 Å². The standard InChI is InChI=1S/C18H23NO2/c1-14(2)15-8-10-16(11-9-15)19-12-17(20)13-21-18-6-4-3-5-7-18/h3-11,14,17,19-20H,12-13H2,1-2H3. The van der Waals surface area contributed by atoms with Crippen LogP contribution in [0.3, 0.4) is 0 Å². The molecule has 0 saturated heterocycles. The molecule has 1 atom stereocenters. The molecule has 2 aromatic rings. The van der Waals surface area contributed by atoms with Crippen LogP contribution >= 0.6 is 0 Å². The van der Waals surface area contributed by atoms with E-state index in [1.165, 1.54) is 5.56 Å². The molecule has 0 amide bonds. The van der Waals surface area contributed by atoms with Gasteiger partial charge in [-0.05, 0) is 35.7 Å². The molecule has 2 aromatic carbocycles. The highest BCUT2D eigenvalue weighted by atomic mass is 16.5. The third-order valence-corrected chi connectivity index (χ3v) is 3.30. The van der Waals surface area contributed by atoms with E-state index in [0.29, 0.717) is 12.5 Å². The van der Waals surface area contributed by atoms with Crippen molar-refractivity contribution in [3.63, 3.8) is 0 Å². The summed E-state index contributed by atoms with van der Waals surface area (Å²) in [5, 5.41) is 13.1. The van der Waals surface area contributed by atoms with Gasteiger partial charge in [-0.15, -0.1) is 0 Å². The van der Waals surface area contributed by atoms with Crippen LogP contribution in [0, 0.1) is 0 Å². The fourth-order valence-corrected chi connectivity index (χ4v) is 1.99. The number of nitrogens with one attached hydrogen (secondary N) is 1. The van der Waals surface area contributed by atoms with E-state index in [-0.39, 0.29) is 6.61 Å². The fraction of sp³-hybridized carbons (Fsp3) is 0.333. The first-order chi connectivity index (χ1) is 10.1. The van der Waals surface area contributed by atoms with Gasteiger partial charge in [-0.25, -0.2) is 0 Å². The Balaban J connectivity index is 1.74. The van der Waals surface area contributed by atoms with Gasteiger partial charge in [0.05, 0.1) is 0 Å². The zero-order valence-electron chi connectivity index (χ0n) is 12.6. The molecular weight excluding hydrogens is 262 g/mol. The number of aliphatic hydroxyl groups excluding tert-OH is 1. The number of hydrogen-bond donors (Lipinski definition) is 2. The molecule has 21 heavy (non-hydrogen) atoms. The third kappa shape index (κ3) is 5.12. The van der Waals surface area contributed by atoms with Gasteiger partial charge in [0.15, 0.2) is 0 Å². The van der Waals surface area contributed by atoms with Crippen LogP contribution < -0.4 is 10.1 Å². The SMILES string of the molecule is CC(C)c1ccc(NCC(O)COc2ccccc2)cc1. The van der Waals surface area contributed by atoms with Crippen molar-refractivity contribution in [3.05, 3.63) is 60.2 Å². The monoisotopic (exact) mass is 285 g/mol. The molecule has 0 radical (unpaired) electrons. The molecular formula is C18H23NO2. The van der Waals surface area contributed by atoms with Crippen LogP contribution in [0.2, 0.25) is 0 Å². The van der Waals surface area contributed by atoms with Crippen molar-refractivity contribution >= 4 is 5.69 Å². The van der Waals surface area contributed by atoms with Crippen molar-refractivity contribution in [3.8, 4) is 5.75 Å². The molecule has 2 rings (SSSR count). The Morgan fingerprint density at radius 3 is 2.29 bits per heavy atom. The summed E-state index contributed by atoms with van der Waals surface area (Å²) < 4.78 is 5.52. The number of anilines is 1. The minimum atomic E-state index is -0.546. The minimum absolute atomic E-state index is 0.279. The van der Waals surface area contributed by atoms with Crippen molar-refractivity contribution in [2.45, 2.75) is 25.9 Å². The quantitative estimate of drug-likeness (QED) is 0.815. The van der Waals surface area contributed by atoms with Gasteiger partial charge >= 0.3 is 0 Å². The Kier molecular flexibility index (Phi) is 5.64. The van der Waals surface area contributed by atoms with E-state index < -0.39 is 6.10 Å². The molecule has 3 nitrogen and oxygen atoms in total. The average Bonchev–Trinajstić information content (AvgIpc) is 2.52. The Bertz CT molecular complexity index is 523. The van der Waals surface area contributed by atoms with Gasteiger partial charge in [0.25, 0.3) is 0 Å². The van der Waals surface area contributed by atoms with Gasteiger partial charge in [0.2, 0.25) is 0 Å². The highest BCUT2D eigenvalue weighted by Gasteiger charge is 2.05. The largest absolute Gasteiger partial charge is 0.491 e. The van der Waals surface area contributed by atoms with Gasteiger partial charge < -0.3 is 15.2 Å². The zero-order valence-corrected chi connectivity index (χ0v) is 12.6. The number of rotatable bonds is 7. The van der Waals surface area contributed by atoms with E-state index in [0.717, 1.165) is 11.4 Å². The number of hydrogen-bond acceptors (Lipinski definition) is 3. The molecule has 0 aromatic heterocycles. The molecule has 0 aliphatic heterocycles. The molecule has 112 valence electrons. The molecule has 1 unspecified atom stereocenters. The van der Waals surface area contributed by atoms with Gasteiger partial charge in [0, 0.05) is 12.2 Å². The first kappa shape index (κ1) is 15.4. The average molecular weight is 285 g/mol. The van der Waals surface area contributed by atoms with E-state index in [2.05, 4.69) is 31.3 Å². The van der Waals surface area contributed by atoms with Crippen molar-refractivity contribution in [1.82, 2.24) is 0 Å². The third-order valence-electron chi connectivity index (χ3n) is 3.30. The van der Waals surface area contributed by atoms with Crippen LogP contribution in [0.4, 0.5) is 5.69 Å². The lowest BCUT2D eigenvalue weighted by molar-refractivity contribution is 0.117. The topological polar surface area (TPSA) is 41.5 Å². The Morgan fingerprint density at radius 2 is 1.67 bits per heavy atom. The minimum Gasteiger partial charge on any atom is -0.491 e. The summed E-state index contributed by atoms with van der Waals surface area (Å²) in [6.07, 6.45) is -0.546. The molecule has 3 heteroatoms. The Hall–Kier alpha value is -2.00. The van der Waals surface area contributed by atoms with E-state index in [1.807, 2.05) is 42.5 Å². The normalized spacial score (nSPS) is 12.2. The summed E-state index contributed by atoms with van der Waals surface area (Å²) in [5.41, 5.74) is 2.33. The molecule has 0 aliphatic carbocycles. The lowest BCUT2D eigenvalue weighted by Gasteiger charge is -2.14. The van der Waals surface area contributed by atoms with Gasteiger partial charge in [0.1, 0.15) is 18.5 Å². The van der Waals surface area contributed by atoms with Crippen molar-refractivity contribution in [2.75, 3.05) is 18.5 Å². The zero-order chi connectivity index (χ0) is 15.1. The van der Waals surface area contributed by atoms with E-state index in [9.17, 15) is 5.11 Å². The second kappa shape index (κ2) is 7.70. The second-order valence-electron chi connectivity index (χ2n) is 5.44. The smallest absolute Gasteiger partial charge is 0.119 e. The number of benzene rings is 2. The maximum absolute atomic E-state index is 9.93. The van der Waals surface area contributed by atoms with Crippen LogP contribution in [0.5, 0.6) is 5.75 Å². The molecule has 0 spiro atoms. The van der Waals surface area contributed by atoms with E-state index >= 15 is 0 Å². The maximum Gasteiger partial charge on any atom is 0.119 e. The summed E-state index contributed by atoms with van der Waals surface area (Å²) >= 11 is 0. The Labute approximate surface area is 126 Å². The molecule has 0 aliphatic rings. The summed E-state index contributed by atoms with van der Waals surface area (Å²) in [7, 11) is 0. The summed E-state index contributed by atoms with van der Waals surface area (Å²) in [4.78, 5) is 0. The van der Waals surface area contributed by atoms with E-state index in [1.54, 1.807) is 0 Å². The summed E-state index contributed by atoms with van der Waals surface area (Å²) in [6.45, 7) is 5.09. The lowest BCUT2D eigenvalue weighted by atomic mass is 10.0. The summed E-state index contributed by atoms with van der Waals surface area (Å²) in [5.74, 6) is 1.31. The maximum atomic E-state index is 9.93. The molecule has 0 heterocycles. The molecule has 2 N–H and O–H groups in total. The second-order valence-corrected chi connectivity index (χ2v) is 5.44. The molecule has 0 saturated carbocycles. The highest BCUT2D eigenvalue weighted by molar-refractivity contribution is 5.45. The van der Waals surface area contributed by atoms with Crippen molar-refractivity contribution in [1.29, 1.82) is 0 Å². The molecule has 0 fully saturated rings. The number of para-hydroxylation sites is 1. The lowest BCUT2D eigenvalue weighted by Crippen LogP contribution is -2.26. The highest BCUT2D eigenvalue weighted by Crippen LogP contribution is 2.17. The fourth-order valence-electron chi connectivity index (χ4n) is 1.99. The van der Waals surface area contributed by atoms with E-state index in [4.69, 9.17) is 4.74 Å². The first-order valence-corrected chi connectivity index (χ1v) is 7.35. The van der Waals surface area contributed by atoms with Crippen LogP contribution in [0.15, 0.2) is 54.6 Å². The number of aliphatic hydroxyl groups is 1.